The summed E-state index contributed by atoms with van der Waals surface area (Å²) in [5, 5.41) is 2.58. The molecule has 0 unspecified atom stereocenters. The van der Waals surface area contributed by atoms with Crippen LogP contribution in [0.15, 0.2) is 60.7 Å². The molecule has 2 aromatic rings. The van der Waals surface area contributed by atoms with Crippen molar-refractivity contribution in [3.8, 4) is 5.75 Å². The van der Waals surface area contributed by atoms with Gasteiger partial charge in [-0.2, -0.15) is 0 Å². The lowest BCUT2D eigenvalue weighted by Gasteiger charge is -2.21. The molecule has 5 nitrogen and oxygen atoms in total. The van der Waals surface area contributed by atoms with Gasteiger partial charge < -0.3 is 15.0 Å². The Morgan fingerprint density at radius 3 is 2.22 bits per heavy atom. The van der Waals surface area contributed by atoms with Crippen molar-refractivity contribution >= 4 is 17.5 Å². The lowest BCUT2D eigenvalue weighted by Crippen LogP contribution is -2.41. The van der Waals surface area contributed by atoms with Crippen LogP contribution in [0.1, 0.15) is 6.92 Å². The highest BCUT2D eigenvalue weighted by Crippen LogP contribution is 2.12. The van der Waals surface area contributed by atoms with Gasteiger partial charge in [0.2, 0.25) is 5.91 Å². The van der Waals surface area contributed by atoms with Crippen LogP contribution in [0.25, 0.3) is 0 Å². The predicted molar refractivity (Wildman–Crippen MR) is 89.4 cm³/mol. The Kier molecular flexibility index (Phi) is 6.17. The zero-order chi connectivity index (χ0) is 16.5. The summed E-state index contributed by atoms with van der Waals surface area (Å²) >= 11 is 0. The van der Waals surface area contributed by atoms with Gasteiger partial charge in [-0.3, -0.25) is 9.59 Å². The first-order valence-electron chi connectivity index (χ1n) is 7.50. The van der Waals surface area contributed by atoms with Crippen molar-refractivity contribution in [1.29, 1.82) is 0 Å². The van der Waals surface area contributed by atoms with E-state index in [0.29, 0.717) is 12.3 Å². The number of benzene rings is 2. The Bertz CT molecular complexity index is 629. The summed E-state index contributed by atoms with van der Waals surface area (Å²) in [7, 11) is 0. The maximum Gasteiger partial charge on any atom is 0.258 e. The Labute approximate surface area is 135 Å². The van der Waals surface area contributed by atoms with E-state index < -0.39 is 0 Å². The lowest BCUT2D eigenvalue weighted by molar-refractivity contribution is -0.126. The number of carbonyl (C=O) groups excluding carboxylic acids is 2. The number of likely N-dealkylation sites (N-methyl/N-ethyl adjacent to an activating group) is 1. The van der Waals surface area contributed by atoms with Gasteiger partial charge in [0.25, 0.3) is 5.91 Å². The van der Waals surface area contributed by atoms with Crippen molar-refractivity contribution in [1.82, 2.24) is 5.32 Å². The highest BCUT2D eigenvalue weighted by atomic mass is 16.5. The van der Waals surface area contributed by atoms with E-state index in [4.69, 9.17) is 4.74 Å². The molecule has 0 aliphatic rings. The summed E-state index contributed by atoms with van der Waals surface area (Å²) in [5.41, 5.74) is 0.815. The molecule has 1 N–H and O–H groups in total. The first kappa shape index (κ1) is 16.5. The second-order valence-electron chi connectivity index (χ2n) is 4.85. The molecule has 0 aliphatic carbocycles. The Balaban J connectivity index is 1.80. The number of rotatable bonds is 7. The molecule has 2 aromatic carbocycles. The quantitative estimate of drug-likeness (QED) is 0.853. The highest BCUT2D eigenvalue weighted by Gasteiger charge is 2.14. The molecule has 0 atom stereocenters. The van der Waals surface area contributed by atoms with Crippen molar-refractivity contribution < 1.29 is 14.3 Å². The third-order valence-electron chi connectivity index (χ3n) is 3.24. The van der Waals surface area contributed by atoms with Crippen molar-refractivity contribution in [2.24, 2.45) is 0 Å². The molecule has 0 heterocycles. The van der Waals surface area contributed by atoms with E-state index in [1.54, 1.807) is 17.0 Å². The summed E-state index contributed by atoms with van der Waals surface area (Å²) in [6.07, 6.45) is 0. The number of nitrogens with zero attached hydrogens (tertiary/aromatic N) is 1. The van der Waals surface area contributed by atoms with E-state index in [1.807, 2.05) is 55.5 Å². The normalized spacial score (nSPS) is 9.96. The van der Waals surface area contributed by atoms with Crippen LogP contribution >= 0.6 is 0 Å². The second kappa shape index (κ2) is 8.58. The lowest BCUT2D eigenvalue weighted by atomic mass is 10.3. The molecule has 0 aromatic heterocycles. The molecule has 0 fully saturated rings. The van der Waals surface area contributed by atoms with Crippen molar-refractivity contribution in [2.45, 2.75) is 6.92 Å². The fraction of sp³-hybridized carbons (Fsp3) is 0.222. The molecule has 0 bridgehead atoms. The molecule has 5 heteroatoms. The van der Waals surface area contributed by atoms with Gasteiger partial charge in [-0.05, 0) is 31.2 Å². The number of carbonyl (C=O) groups is 2. The van der Waals surface area contributed by atoms with E-state index in [2.05, 4.69) is 5.32 Å². The van der Waals surface area contributed by atoms with E-state index >= 15 is 0 Å². The van der Waals surface area contributed by atoms with Crippen molar-refractivity contribution in [2.75, 3.05) is 24.6 Å². The van der Waals surface area contributed by atoms with Crippen LogP contribution in [-0.4, -0.2) is 31.5 Å². The predicted octanol–water partition coefficient (Wildman–Crippen LogP) is 2.23. The fourth-order valence-electron chi connectivity index (χ4n) is 2.10. The zero-order valence-electron chi connectivity index (χ0n) is 13.1. The minimum Gasteiger partial charge on any atom is -0.484 e. The van der Waals surface area contributed by atoms with E-state index in [0.717, 1.165) is 5.69 Å². The topological polar surface area (TPSA) is 58.6 Å². The SMILES string of the molecule is CCN(C(=O)CNC(=O)COc1ccccc1)c1ccccc1. The molecule has 0 spiro atoms. The molecule has 23 heavy (non-hydrogen) atoms. The highest BCUT2D eigenvalue weighted by molar-refractivity contribution is 5.96. The molecule has 0 radical (unpaired) electrons. The Morgan fingerprint density at radius 2 is 1.61 bits per heavy atom. The monoisotopic (exact) mass is 312 g/mol. The molecule has 0 aliphatic heterocycles. The van der Waals surface area contributed by atoms with Crippen molar-refractivity contribution in [3.63, 3.8) is 0 Å². The zero-order valence-corrected chi connectivity index (χ0v) is 13.1. The molecule has 2 rings (SSSR count). The Morgan fingerprint density at radius 1 is 1.00 bits per heavy atom. The summed E-state index contributed by atoms with van der Waals surface area (Å²) in [5.74, 6) is 0.131. The largest absolute Gasteiger partial charge is 0.484 e. The van der Waals surface area contributed by atoms with Crippen LogP contribution in [0.3, 0.4) is 0 Å². The molecular weight excluding hydrogens is 292 g/mol. The van der Waals surface area contributed by atoms with Crippen molar-refractivity contribution in [3.05, 3.63) is 60.7 Å². The van der Waals surface area contributed by atoms with Gasteiger partial charge in [0.05, 0.1) is 6.54 Å². The third-order valence-corrected chi connectivity index (χ3v) is 3.24. The van der Waals surface area contributed by atoms with Crippen LogP contribution in [0.4, 0.5) is 5.69 Å². The van der Waals surface area contributed by atoms with E-state index in [1.165, 1.54) is 0 Å². The maximum absolute atomic E-state index is 12.2. The number of nitrogens with one attached hydrogen (secondary N) is 1. The van der Waals surface area contributed by atoms with Gasteiger partial charge in [-0.15, -0.1) is 0 Å². The van der Waals surface area contributed by atoms with Gasteiger partial charge >= 0.3 is 0 Å². The fourth-order valence-corrected chi connectivity index (χ4v) is 2.10. The van der Waals surface area contributed by atoms with Crippen LogP contribution in [0, 0.1) is 0 Å². The number of para-hydroxylation sites is 2. The van der Waals surface area contributed by atoms with Gasteiger partial charge in [-0.1, -0.05) is 36.4 Å². The van der Waals surface area contributed by atoms with Gasteiger partial charge in [0.15, 0.2) is 6.61 Å². The molecule has 2 amide bonds. The summed E-state index contributed by atoms with van der Waals surface area (Å²) in [6.45, 7) is 2.26. The summed E-state index contributed by atoms with van der Waals surface area (Å²) in [6, 6.07) is 18.4. The number of hydrogen-bond acceptors (Lipinski definition) is 3. The van der Waals surface area contributed by atoms with E-state index in [-0.39, 0.29) is 25.0 Å². The minimum atomic E-state index is -0.327. The first-order chi connectivity index (χ1) is 11.2. The standard InChI is InChI=1S/C18H20N2O3/c1-2-20(15-9-5-3-6-10-15)18(22)13-19-17(21)14-23-16-11-7-4-8-12-16/h3-12H,2,13-14H2,1H3,(H,19,21). The first-order valence-corrected chi connectivity index (χ1v) is 7.50. The third kappa shape index (κ3) is 5.14. The second-order valence-corrected chi connectivity index (χ2v) is 4.85. The van der Waals surface area contributed by atoms with Gasteiger partial charge in [0.1, 0.15) is 5.75 Å². The average molecular weight is 312 g/mol. The van der Waals surface area contributed by atoms with Crippen LogP contribution in [-0.2, 0) is 9.59 Å². The number of ether oxygens (including phenoxy) is 1. The van der Waals surface area contributed by atoms with Crippen LogP contribution < -0.4 is 15.0 Å². The minimum absolute atomic E-state index is 0.0558. The Hall–Kier alpha value is -2.82. The van der Waals surface area contributed by atoms with E-state index in [9.17, 15) is 9.59 Å². The summed E-state index contributed by atoms with van der Waals surface area (Å²) < 4.78 is 5.33. The number of amides is 2. The molecule has 0 saturated carbocycles. The smallest absolute Gasteiger partial charge is 0.258 e. The molecule has 0 saturated heterocycles. The summed E-state index contributed by atoms with van der Waals surface area (Å²) in [4.78, 5) is 25.6. The van der Waals surface area contributed by atoms with Crippen LogP contribution in [0.5, 0.6) is 5.75 Å². The number of anilines is 1. The maximum atomic E-state index is 12.2. The molecule has 120 valence electrons. The van der Waals surface area contributed by atoms with Gasteiger partial charge in [0, 0.05) is 12.2 Å². The van der Waals surface area contributed by atoms with Gasteiger partial charge in [-0.25, -0.2) is 0 Å². The number of hydrogen-bond donors (Lipinski definition) is 1. The molecular formula is C18H20N2O3. The van der Waals surface area contributed by atoms with Crippen LogP contribution in [0.2, 0.25) is 0 Å². The average Bonchev–Trinajstić information content (AvgIpc) is 2.60.